The molecule has 0 bridgehead atoms. The lowest BCUT2D eigenvalue weighted by Crippen LogP contribution is -2.17. The summed E-state index contributed by atoms with van der Waals surface area (Å²) in [4.78, 5) is 0. The van der Waals surface area contributed by atoms with Gasteiger partial charge in [-0.25, -0.2) is 0 Å². The Morgan fingerprint density at radius 1 is 0.833 bits per heavy atom. The van der Waals surface area contributed by atoms with Crippen LogP contribution in [0.1, 0.15) is 44.9 Å². The Bertz CT molecular complexity index is 187. The lowest BCUT2D eigenvalue weighted by atomic mass is 9.76. The minimum Gasteiger partial charge on any atom is -0.412 e. The Hall–Kier alpha value is -0.480. The first-order valence-electron chi connectivity index (χ1n) is 4.92. The van der Waals surface area contributed by atoms with Crippen LogP contribution in [0, 0.1) is 23.7 Å². The number of fused-ring (bicyclic) bond motifs is 1. The molecule has 2 rings (SSSR count). The lowest BCUT2D eigenvalue weighted by molar-refractivity contribution is 0.233. The molecule has 1 unspecified atom stereocenters. The largest absolute Gasteiger partial charge is 0.412 e. The fourth-order valence-corrected chi connectivity index (χ4v) is 2.48. The average Bonchev–Trinajstić information content (AvgIpc) is 2.28. The fraction of sp³-hybridized carbons (Fsp3) is 0.818. The first kappa shape index (κ1) is 9.61. The van der Waals surface area contributed by atoms with E-state index in [1.165, 1.54) is 44.9 Å². The summed E-state index contributed by atoms with van der Waals surface area (Å²) < 4.78 is 0. The van der Waals surface area contributed by atoms with Gasteiger partial charge in [0.05, 0.1) is 0 Å². The quantitative estimate of drug-likeness (QED) is 0.494. The molecular formula is C11H18O. The van der Waals surface area contributed by atoms with Gasteiger partial charge in [0.1, 0.15) is 0 Å². The van der Waals surface area contributed by atoms with Gasteiger partial charge in [-0.1, -0.05) is 19.3 Å². The van der Waals surface area contributed by atoms with Gasteiger partial charge >= 0.3 is 0 Å². The average molecular weight is 166 g/mol. The van der Waals surface area contributed by atoms with Crippen LogP contribution in [0.15, 0.2) is 0 Å². The van der Waals surface area contributed by atoms with Gasteiger partial charge in [-0.05, 0) is 24.7 Å². The number of rotatable bonds is 0. The summed E-state index contributed by atoms with van der Waals surface area (Å²) in [6.07, 6.45) is 9.63. The molecule has 1 nitrogen and oxygen atoms in total. The third-order valence-electron chi connectivity index (χ3n) is 3.20. The van der Waals surface area contributed by atoms with Gasteiger partial charge in [-0.15, -0.1) is 11.8 Å². The molecule has 1 saturated carbocycles. The highest BCUT2D eigenvalue weighted by Crippen LogP contribution is 2.35. The summed E-state index contributed by atoms with van der Waals surface area (Å²) in [5, 5.41) is 0. The summed E-state index contributed by atoms with van der Waals surface area (Å²) in [6, 6.07) is 0. The van der Waals surface area contributed by atoms with E-state index in [2.05, 4.69) is 11.8 Å². The molecule has 1 fully saturated rings. The minimum absolute atomic E-state index is 0. The first-order valence-corrected chi connectivity index (χ1v) is 4.92. The highest BCUT2D eigenvalue weighted by Gasteiger charge is 2.24. The van der Waals surface area contributed by atoms with Crippen molar-refractivity contribution in [1.82, 2.24) is 0 Å². The third-order valence-corrected chi connectivity index (χ3v) is 3.20. The van der Waals surface area contributed by atoms with Crippen LogP contribution in [0.3, 0.4) is 0 Å². The van der Waals surface area contributed by atoms with Gasteiger partial charge in [0.25, 0.3) is 0 Å². The highest BCUT2D eigenvalue weighted by atomic mass is 16.0. The molecular weight excluding hydrogens is 148 g/mol. The summed E-state index contributed by atoms with van der Waals surface area (Å²) >= 11 is 0. The van der Waals surface area contributed by atoms with Gasteiger partial charge < -0.3 is 5.48 Å². The lowest BCUT2D eigenvalue weighted by Gasteiger charge is -2.28. The summed E-state index contributed by atoms with van der Waals surface area (Å²) in [6.45, 7) is 0. The van der Waals surface area contributed by atoms with Crippen molar-refractivity contribution in [3.05, 3.63) is 0 Å². The zero-order chi connectivity index (χ0) is 7.52. The van der Waals surface area contributed by atoms with Crippen LogP contribution < -0.4 is 0 Å². The summed E-state index contributed by atoms with van der Waals surface area (Å²) in [5.41, 5.74) is 0. The third kappa shape index (κ3) is 2.01. The van der Waals surface area contributed by atoms with E-state index in [-0.39, 0.29) is 5.48 Å². The van der Waals surface area contributed by atoms with Crippen molar-refractivity contribution in [2.45, 2.75) is 44.9 Å². The van der Waals surface area contributed by atoms with Crippen LogP contribution in [-0.4, -0.2) is 5.48 Å². The van der Waals surface area contributed by atoms with Crippen LogP contribution >= 0.6 is 0 Å². The molecule has 0 heterocycles. The second-order valence-electron chi connectivity index (χ2n) is 3.90. The van der Waals surface area contributed by atoms with E-state index in [1.54, 1.807) is 0 Å². The van der Waals surface area contributed by atoms with E-state index in [1.807, 2.05) is 0 Å². The highest BCUT2D eigenvalue weighted by molar-refractivity contribution is 5.04. The molecule has 2 aliphatic carbocycles. The molecule has 0 radical (unpaired) electrons. The van der Waals surface area contributed by atoms with Crippen molar-refractivity contribution in [3.8, 4) is 11.8 Å². The predicted molar refractivity (Wildman–Crippen MR) is 50.7 cm³/mol. The Morgan fingerprint density at radius 3 is 2.42 bits per heavy atom. The van der Waals surface area contributed by atoms with Crippen LogP contribution in [0.4, 0.5) is 0 Å². The van der Waals surface area contributed by atoms with Crippen LogP contribution in [0.5, 0.6) is 0 Å². The Morgan fingerprint density at radius 2 is 1.58 bits per heavy atom. The van der Waals surface area contributed by atoms with Crippen molar-refractivity contribution >= 4 is 0 Å². The Balaban J connectivity index is 0.000000720. The fourth-order valence-electron chi connectivity index (χ4n) is 2.48. The smallest absolute Gasteiger partial charge is 0.0120 e. The molecule has 2 N–H and O–H groups in total. The number of hydrogen-bond donors (Lipinski definition) is 0. The maximum absolute atomic E-state index is 3.30. The SMILES string of the molecule is C1#CCC2CCCC[C@@H]2CC1.O. The van der Waals surface area contributed by atoms with Gasteiger partial charge in [0.2, 0.25) is 0 Å². The molecule has 0 aromatic heterocycles. The van der Waals surface area contributed by atoms with E-state index in [0.717, 1.165) is 11.8 Å². The Labute approximate surface area is 74.9 Å². The van der Waals surface area contributed by atoms with Crippen molar-refractivity contribution in [1.29, 1.82) is 0 Å². The molecule has 0 spiro atoms. The standard InChI is InChI=1S/C11H16.H2O/c1-2-6-10-8-4-5-9-11(10)7-3-1;/h10-11H,2,4-9H2;1H2/t10-,11?;/m0./s1. The van der Waals surface area contributed by atoms with Crippen molar-refractivity contribution in [2.75, 3.05) is 0 Å². The second kappa shape index (κ2) is 4.52. The molecule has 0 aliphatic heterocycles. The second-order valence-corrected chi connectivity index (χ2v) is 3.90. The summed E-state index contributed by atoms with van der Waals surface area (Å²) in [5.74, 6) is 8.54. The molecule has 0 amide bonds. The minimum atomic E-state index is 0. The number of hydrogen-bond acceptors (Lipinski definition) is 0. The maximum atomic E-state index is 3.30. The van der Waals surface area contributed by atoms with E-state index < -0.39 is 0 Å². The zero-order valence-corrected chi connectivity index (χ0v) is 7.60. The molecule has 0 saturated heterocycles. The first-order chi connectivity index (χ1) is 5.47. The van der Waals surface area contributed by atoms with Crippen molar-refractivity contribution < 1.29 is 5.48 Å². The van der Waals surface area contributed by atoms with Gasteiger partial charge in [-0.3, -0.25) is 0 Å². The zero-order valence-electron chi connectivity index (χ0n) is 7.60. The van der Waals surface area contributed by atoms with Crippen molar-refractivity contribution in [3.63, 3.8) is 0 Å². The molecule has 2 aliphatic rings. The van der Waals surface area contributed by atoms with Gasteiger partial charge in [0, 0.05) is 12.8 Å². The monoisotopic (exact) mass is 166 g/mol. The maximum Gasteiger partial charge on any atom is 0.0120 e. The molecule has 68 valence electrons. The van der Waals surface area contributed by atoms with Crippen molar-refractivity contribution in [2.24, 2.45) is 11.8 Å². The van der Waals surface area contributed by atoms with Gasteiger partial charge in [-0.2, -0.15) is 0 Å². The topological polar surface area (TPSA) is 31.5 Å². The van der Waals surface area contributed by atoms with Crippen LogP contribution in [-0.2, 0) is 0 Å². The van der Waals surface area contributed by atoms with E-state index in [0.29, 0.717) is 0 Å². The predicted octanol–water partition coefficient (Wildman–Crippen LogP) is 2.16. The molecule has 0 aromatic carbocycles. The molecule has 2 atom stereocenters. The molecule has 12 heavy (non-hydrogen) atoms. The van der Waals surface area contributed by atoms with Crippen LogP contribution in [0.25, 0.3) is 0 Å². The van der Waals surface area contributed by atoms with E-state index in [4.69, 9.17) is 0 Å². The van der Waals surface area contributed by atoms with Crippen LogP contribution in [0.2, 0.25) is 0 Å². The van der Waals surface area contributed by atoms with Gasteiger partial charge in [0.15, 0.2) is 0 Å². The molecule has 1 heteroatoms. The Kier molecular flexibility index (Phi) is 3.62. The normalized spacial score (nSPS) is 33.3. The van der Waals surface area contributed by atoms with E-state index in [9.17, 15) is 0 Å². The molecule has 0 aromatic rings. The summed E-state index contributed by atoms with van der Waals surface area (Å²) in [7, 11) is 0. The van der Waals surface area contributed by atoms with E-state index >= 15 is 0 Å².